The predicted octanol–water partition coefficient (Wildman–Crippen LogP) is 2.76. The Morgan fingerprint density at radius 2 is 1.70 bits per heavy atom. The van der Waals surface area contributed by atoms with Crippen LogP contribution in [-0.2, 0) is 25.6 Å². The van der Waals surface area contributed by atoms with Crippen molar-refractivity contribution in [2.24, 2.45) is 5.73 Å². The molecule has 3 aromatic rings. The zero-order chi connectivity index (χ0) is 32.5. The number of nitrogens with one attached hydrogen (secondary N) is 2. The SMILES string of the molecule is Cc1nc2ccc(C(=O)N[C@H](CCC(=O)O)COc3cc(C(=N)N)ccc3CC(=O)C(=O)O)cc2s1.O=C(O)C(F)(F)F. The van der Waals surface area contributed by atoms with Gasteiger partial charge in [0.15, 0.2) is 0 Å². The van der Waals surface area contributed by atoms with E-state index in [1.807, 2.05) is 6.92 Å². The third-order valence-electron chi connectivity index (χ3n) is 5.45. The number of thiazole rings is 1. The van der Waals surface area contributed by atoms with Crippen molar-refractivity contribution in [3.63, 3.8) is 0 Å². The molecule has 7 N–H and O–H groups in total. The van der Waals surface area contributed by atoms with E-state index in [-0.39, 0.29) is 42.2 Å². The number of amides is 1. The standard InChI is InChI=1S/C24H24N4O7S.C2HF3O2/c1-12-27-17-6-4-15(10-20(17)36-12)23(32)28-16(5-7-21(30)31)11-35-19-9-14(22(25)26)3-2-13(19)8-18(29)24(33)34;3-2(4,5)1(6)7/h2-4,6,9-10,16H,5,7-8,11H2,1H3,(H3,25,26)(H,28,32)(H,30,31)(H,33,34);(H,6,7)/t16-;/m1./s1. The van der Waals surface area contributed by atoms with Crippen LogP contribution in [0, 0.1) is 12.3 Å². The van der Waals surface area contributed by atoms with Crippen molar-refractivity contribution >= 4 is 57.0 Å². The van der Waals surface area contributed by atoms with E-state index in [1.165, 1.54) is 29.5 Å². The first-order chi connectivity index (χ1) is 20.0. The van der Waals surface area contributed by atoms with E-state index >= 15 is 0 Å². The number of carbonyl (C=O) groups excluding carboxylic acids is 2. The van der Waals surface area contributed by atoms with Crippen LogP contribution in [0.5, 0.6) is 5.75 Å². The van der Waals surface area contributed by atoms with Gasteiger partial charge in [0, 0.05) is 29.5 Å². The number of aromatic nitrogens is 1. The second-order valence-corrected chi connectivity index (χ2v) is 10.0. The number of carboxylic acids is 3. The Hall–Kier alpha value is -5.06. The number of aliphatic carboxylic acids is 3. The number of ether oxygens (including phenoxy) is 1. The molecule has 0 fully saturated rings. The Morgan fingerprint density at radius 1 is 1.07 bits per heavy atom. The number of benzene rings is 2. The minimum absolute atomic E-state index is 0.0543. The molecule has 2 aromatic carbocycles. The summed E-state index contributed by atoms with van der Waals surface area (Å²) in [4.78, 5) is 60.1. The van der Waals surface area contributed by atoms with Crippen molar-refractivity contribution in [1.29, 1.82) is 5.41 Å². The van der Waals surface area contributed by atoms with E-state index < -0.39 is 48.2 Å². The average molecular weight is 627 g/mol. The maximum Gasteiger partial charge on any atom is 0.490 e. The van der Waals surface area contributed by atoms with Gasteiger partial charge in [-0.1, -0.05) is 12.1 Å². The van der Waals surface area contributed by atoms with Gasteiger partial charge in [-0.15, -0.1) is 11.3 Å². The molecular formula is C26H25F3N4O9S. The molecule has 0 aliphatic heterocycles. The van der Waals surface area contributed by atoms with Crippen molar-refractivity contribution in [3.8, 4) is 5.75 Å². The van der Waals surface area contributed by atoms with Gasteiger partial charge in [0.1, 0.15) is 18.2 Å². The molecule has 43 heavy (non-hydrogen) atoms. The molecule has 0 bridgehead atoms. The van der Waals surface area contributed by atoms with E-state index in [0.717, 1.165) is 15.2 Å². The predicted molar refractivity (Wildman–Crippen MR) is 145 cm³/mol. The monoisotopic (exact) mass is 626 g/mol. The topological polar surface area (TPSA) is 230 Å². The van der Waals surface area contributed by atoms with Gasteiger partial charge in [0.2, 0.25) is 5.78 Å². The molecule has 230 valence electrons. The summed E-state index contributed by atoms with van der Waals surface area (Å²) in [6.45, 7) is 1.69. The summed E-state index contributed by atoms with van der Waals surface area (Å²) in [5, 5.41) is 36.4. The minimum Gasteiger partial charge on any atom is -0.491 e. The van der Waals surface area contributed by atoms with Gasteiger partial charge in [-0.25, -0.2) is 14.6 Å². The summed E-state index contributed by atoms with van der Waals surface area (Å²) in [5.74, 6) is -7.06. The highest BCUT2D eigenvalue weighted by Gasteiger charge is 2.38. The van der Waals surface area contributed by atoms with Gasteiger partial charge in [-0.2, -0.15) is 13.2 Å². The number of nitrogens with zero attached hydrogens (tertiary/aromatic N) is 1. The van der Waals surface area contributed by atoms with Crippen LogP contribution in [0.15, 0.2) is 36.4 Å². The number of ketones is 1. The van der Waals surface area contributed by atoms with Gasteiger partial charge in [-0.3, -0.25) is 19.8 Å². The lowest BCUT2D eigenvalue weighted by atomic mass is 10.0. The van der Waals surface area contributed by atoms with Crippen LogP contribution in [0.4, 0.5) is 13.2 Å². The quantitative estimate of drug-likeness (QED) is 0.0972. The molecular weight excluding hydrogens is 601 g/mol. The number of alkyl halides is 3. The van der Waals surface area contributed by atoms with Crippen molar-refractivity contribution in [2.45, 2.75) is 38.4 Å². The molecule has 0 spiro atoms. The number of rotatable bonds is 12. The molecule has 3 rings (SSSR count). The maximum atomic E-state index is 12.9. The maximum absolute atomic E-state index is 12.9. The number of nitrogen functional groups attached to an aromatic ring is 1. The Balaban J connectivity index is 0.000000821. The number of halogens is 3. The molecule has 1 heterocycles. The number of carboxylic acid groups (broad SMARTS) is 3. The minimum atomic E-state index is -5.08. The molecule has 0 unspecified atom stereocenters. The third kappa shape index (κ3) is 10.7. The normalized spacial score (nSPS) is 11.5. The van der Waals surface area contributed by atoms with E-state index in [9.17, 15) is 32.3 Å². The van der Waals surface area contributed by atoms with E-state index in [0.29, 0.717) is 5.56 Å². The summed E-state index contributed by atoms with van der Waals surface area (Å²) < 4.78 is 38.4. The fourth-order valence-corrected chi connectivity index (χ4v) is 4.25. The Kier molecular flexibility index (Phi) is 11.7. The van der Waals surface area contributed by atoms with Gasteiger partial charge >= 0.3 is 24.1 Å². The molecule has 1 atom stereocenters. The smallest absolute Gasteiger partial charge is 0.490 e. The Morgan fingerprint density at radius 3 is 2.26 bits per heavy atom. The Labute approximate surface area is 244 Å². The zero-order valence-corrected chi connectivity index (χ0v) is 23.0. The summed E-state index contributed by atoms with van der Waals surface area (Å²) in [5.41, 5.74) is 7.22. The summed E-state index contributed by atoms with van der Waals surface area (Å²) in [7, 11) is 0. The van der Waals surface area contributed by atoms with Gasteiger partial charge in [0.25, 0.3) is 5.91 Å². The highest BCUT2D eigenvalue weighted by Crippen LogP contribution is 2.24. The largest absolute Gasteiger partial charge is 0.491 e. The van der Waals surface area contributed by atoms with Crippen LogP contribution < -0.4 is 15.8 Å². The van der Waals surface area contributed by atoms with Gasteiger partial charge in [-0.05, 0) is 37.6 Å². The van der Waals surface area contributed by atoms with Crippen molar-refractivity contribution < 1.29 is 57.2 Å². The van der Waals surface area contributed by atoms with Gasteiger partial charge in [0.05, 0.1) is 21.3 Å². The lowest BCUT2D eigenvalue weighted by Gasteiger charge is -2.20. The van der Waals surface area contributed by atoms with Crippen LogP contribution >= 0.6 is 11.3 Å². The first-order valence-electron chi connectivity index (χ1n) is 12.0. The highest BCUT2D eigenvalue weighted by molar-refractivity contribution is 7.18. The average Bonchev–Trinajstić information content (AvgIpc) is 3.29. The zero-order valence-electron chi connectivity index (χ0n) is 22.2. The first-order valence-corrected chi connectivity index (χ1v) is 12.9. The third-order valence-corrected chi connectivity index (χ3v) is 6.38. The summed E-state index contributed by atoms with van der Waals surface area (Å²) >= 11 is 1.45. The number of hydrogen-bond donors (Lipinski definition) is 6. The van der Waals surface area contributed by atoms with Crippen LogP contribution in [0.3, 0.4) is 0 Å². The van der Waals surface area contributed by atoms with Crippen LogP contribution in [-0.4, -0.2) is 74.6 Å². The second kappa shape index (κ2) is 14.7. The van der Waals surface area contributed by atoms with Crippen LogP contribution in [0.2, 0.25) is 0 Å². The lowest BCUT2D eigenvalue weighted by molar-refractivity contribution is -0.192. The highest BCUT2D eigenvalue weighted by atomic mass is 32.1. The number of amidine groups is 1. The number of hydrogen-bond acceptors (Lipinski definition) is 9. The van der Waals surface area contributed by atoms with E-state index in [1.54, 1.807) is 18.2 Å². The van der Waals surface area contributed by atoms with Crippen molar-refractivity contribution in [3.05, 3.63) is 58.1 Å². The van der Waals surface area contributed by atoms with Crippen molar-refractivity contribution in [2.75, 3.05) is 6.61 Å². The van der Waals surface area contributed by atoms with Gasteiger partial charge < -0.3 is 31.1 Å². The number of carbonyl (C=O) groups is 5. The number of aryl methyl sites for hydroxylation is 1. The second-order valence-electron chi connectivity index (χ2n) is 8.77. The number of fused-ring (bicyclic) bond motifs is 1. The fourth-order valence-electron chi connectivity index (χ4n) is 3.39. The molecule has 0 saturated heterocycles. The molecule has 1 aromatic heterocycles. The molecule has 17 heteroatoms. The summed E-state index contributed by atoms with van der Waals surface area (Å²) in [6.07, 6.45) is -5.72. The molecule has 1 amide bonds. The van der Waals surface area contributed by atoms with E-state index in [4.69, 9.17) is 36.0 Å². The molecule has 13 nitrogen and oxygen atoms in total. The molecule has 0 radical (unpaired) electrons. The van der Waals surface area contributed by atoms with Crippen LogP contribution in [0.25, 0.3) is 10.2 Å². The number of Topliss-reactive ketones (excluding diaryl/α,β-unsaturated/α-hetero) is 1. The summed E-state index contributed by atoms with van der Waals surface area (Å²) in [6, 6.07) is 8.62. The Bertz CT molecular complexity index is 1560. The van der Waals surface area contributed by atoms with Crippen molar-refractivity contribution in [1.82, 2.24) is 10.3 Å². The first kappa shape index (κ1) is 34.1. The number of nitrogens with two attached hydrogens (primary N) is 1. The lowest BCUT2D eigenvalue weighted by Crippen LogP contribution is -2.39. The fraction of sp³-hybridized carbons (Fsp3) is 0.269. The van der Waals surface area contributed by atoms with E-state index in [2.05, 4.69) is 10.3 Å². The van der Waals surface area contributed by atoms with Crippen LogP contribution in [0.1, 0.15) is 39.3 Å². The molecule has 0 aliphatic rings. The molecule has 0 saturated carbocycles. The molecule has 0 aliphatic carbocycles.